The molecule has 0 fully saturated rings. The summed E-state index contributed by atoms with van der Waals surface area (Å²) in [6, 6.07) is 6.40. The molecule has 0 nitrogen and oxygen atoms in total. The Labute approximate surface area is 131 Å². The Bertz CT molecular complexity index is 697. The summed E-state index contributed by atoms with van der Waals surface area (Å²) in [5.74, 6) is 0. The lowest BCUT2D eigenvalue weighted by molar-refractivity contribution is 1.19. The number of benzene rings is 1. The third-order valence-electron chi connectivity index (χ3n) is 3.02. The van der Waals surface area contributed by atoms with Crippen LogP contribution in [0.5, 0.6) is 0 Å². The van der Waals surface area contributed by atoms with Crippen LogP contribution in [0.3, 0.4) is 0 Å². The first-order valence-electron chi connectivity index (χ1n) is 5.51. The van der Waals surface area contributed by atoms with Gasteiger partial charge in [0.25, 0.3) is 0 Å². The van der Waals surface area contributed by atoms with Crippen molar-refractivity contribution in [3.05, 3.63) is 55.5 Å². The van der Waals surface area contributed by atoms with Gasteiger partial charge in [0, 0.05) is 9.17 Å². The summed E-state index contributed by atoms with van der Waals surface area (Å²) >= 11 is 11.0. The van der Waals surface area contributed by atoms with Crippen molar-refractivity contribution >= 4 is 64.6 Å². The van der Waals surface area contributed by atoms with E-state index in [1.807, 2.05) is 0 Å². The predicted molar refractivity (Wildman–Crippen MR) is 89.4 cm³/mol. The lowest BCUT2D eigenvalue weighted by Gasteiger charge is -2.09. The summed E-state index contributed by atoms with van der Waals surface area (Å²) in [5.41, 5.74) is 4.09. The zero-order valence-electron chi connectivity index (χ0n) is 9.61. The van der Waals surface area contributed by atoms with Crippen LogP contribution in [-0.2, 0) is 0 Å². The summed E-state index contributed by atoms with van der Waals surface area (Å²) in [6.07, 6.45) is 0. The van der Waals surface area contributed by atoms with Crippen LogP contribution in [0.1, 0.15) is 21.5 Å². The molecule has 0 spiro atoms. The Hall–Kier alpha value is -0.160. The van der Waals surface area contributed by atoms with Crippen LogP contribution in [0.15, 0.2) is 38.8 Å². The van der Waals surface area contributed by atoms with E-state index in [0.717, 1.165) is 0 Å². The van der Waals surface area contributed by atoms with Crippen molar-refractivity contribution in [3.8, 4) is 0 Å². The number of rotatable bonds is 2. The standard InChI is InChI=1S/C14H10Br2S2/c1-8-5-17-6-10(8)13(16)11-7-18-14-9(11)3-2-4-12(14)15/h2-7,13H,1H3. The average molecular weight is 402 g/mol. The number of hydrogen-bond acceptors (Lipinski definition) is 2. The van der Waals surface area contributed by atoms with Gasteiger partial charge in [-0.2, -0.15) is 11.3 Å². The van der Waals surface area contributed by atoms with Crippen LogP contribution < -0.4 is 0 Å². The fraction of sp³-hybridized carbons (Fsp3) is 0.143. The second kappa shape index (κ2) is 5.08. The normalized spacial score (nSPS) is 13.1. The van der Waals surface area contributed by atoms with Gasteiger partial charge in [-0.15, -0.1) is 11.3 Å². The lowest BCUT2D eigenvalue weighted by Crippen LogP contribution is -1.91. The van der Waals surface area contributed by atoms with Crippen molar-refractivity contribution in [1.82, 2.24) is 0 Å². The summed E-state index contributed by atoms with van der Waals surface area (Å²) in [7, 11) is 0. The molecule has 0 aliphatic carbocycles. The van der Waals surface area contributed by atoms with Gasteiger partial charge in [0.15, 0.2) is 0 Å². The summed E-state index contributed by atoms with van der Waals surface area (Å²) in [6.45, 7) is 2.17. The van der Waals surface area contributed by atoms with Gasteiger partial charge in [-0.25, -0.2) is 0 Å². The zero-order valence-corrected chi connectivity index (χ0v) is 14.4. The quantitative estimate of drug-likeness (QED) is 0.429. The van der Waals surface area contributed by atoms with Gasteiger partial charge in [0.1, 0.15) is 0 Å². The number of alkyl halides is 1. The molecular weight excluding hydrogens is 392 g/mol. The lowest BCUT2D eigenvalue weighted by atomic mass is 10.0. The molecule has 0 aliphatic rings. The first kappa shape index (κ1) is 12.9. The summed E-state index contributed by atoms with van der Waals surface area (Å²) in [5, 5.41) is 8.03. The van der Waals surface area contributed by atoms with Crippen molar-refractivity contribution in [1.29, 1.82) is 0 Å². The number of aryl methyl sites for hydroxylation is 1. The van der Waals surface area contributed by atoms with Gasteiger partial charge in [0.2, 0.25) is 0 Å². The maximum Gasteiger partial charge on any atom is 0.0669 e. The van der Waals surface area contributed by atoms with Crippen molar-refractivity contribution in [2.75, 3.05) is 0 Å². The largest absolute Gasteiger partial charge is 0.152 e. The molecule has 4 heteroatoms. The Morgan fingerprint density at radius 1 is 1.11 bits per heavy atom. The number of fused-ring (bicyclic) bond motifs is 1. The minimum Gasteiger partial charge on any atom is -0.152 e. The smallest absolute Gasteiger partial charge is 0.0669 e. The molecule has 0 amide bonds. The molecule has 0 radical (unpaired) electrons. The van der Waals surface area contributed by atoms with Crippen LogP contribution in [-0.4, -0.2) is 0 Å². The molecule has 2 heterocycles. The molecule has 0 saturated heterocycles. The predicted octanol–water partition coefficient (Wildman–Crippen LogP) is 6.52. The molecule has 18 heavy (non-hydrogen) atoms. The first-order valence-corrected chi connectivity index (χ1v) is 9.04. The highest BCUT2D eigenvalue weighted by Gasteiger charge is 2.18. The van der Waals surface area contributed by atoms with E-state index < -0.39 is 0 Å². The average Bonchev–Trinajstić information content (AvgIpc) is 2.95. The molecule has 0 N–H and O–H groups in total. The fourth-order valence-corrected chi connectivity index (χ4v) is 5.78. The molecule has 1 unspecified atom stereocenters. The van der Waals surface area contributed by atoms with Crippen molar-refractivity contribution in [2.45, 2.75) is 11.8 Å². The molecule has 0 bridgehead atoms. The van der Waals surface area contributed by atoms with E-state index in [1.54, 1.807) is 22.7 Å². The van der Waals surface area contributed by atoms with Crippen molar-refractivity contribution in [3.63, 3.8) is 0 Å². The van der Waals surface area contributed by atoms with E-state index in [-0.39, 0.29) is 4.83 Å². The third-order valence-corrected chi connectivity index (χ3v) is 6.86. The maximum absolute atomic E-state index is 3.85. The van der Waals surface area contributed by atoms with Gasteiger partial charge in [-0.1, -0.05) is 28.1 Å². The molecular formula is C14H10Br2S2. The van der Waals surface area contributed by atoms with Crippen LogP contribution in [0, 0.1) is 6.92 Å². The molecule has 92 valence electrons. The fourth-order valence-electron chi connectivity index (χ4n) is 2.04. The monoisotopic (exact) mass is 400 g/mol. The minimum absolute atomic E-state index is 0.284. The molecule has 1 atom stereocenters. The van der Waals surface area contributed by atoms with Crippen LogP contribution in [0.2, 0.25) is 0 Å². The SMILES string of the molecule is Cc1cscc1C(Br)c1csc2c(Br)cccc12. The molecule has 1 aromatic carbocycles. The van der Waals surface area contributed by atoms with Gasteiger partial charge in [-0.3, -0.25) is 0 Å². The van der Waals surface area contributed by atoms with Gasteiger partial charge in [-0.05, 0) is 67.1 Å². The molecule has 2 aromatic heterocycles. The van der Waals surface area contributed by atoms with E-state index in [1.165, 1.54) is 31.2 Å². The topological polar surface area (TPSA) is 0 Å². The third kappa shape index (κ3) is 2.09. The Balaban J connectivity index is 2.16. The molecule has 3 aromatic rings. The highest BCUT2D eigenvalue weighted by atomic mass is 79.9. The van der Waals surface area contributed by atoms with E-state index >= 15 is 0 Å². The highest BCUT2D eigenvalue weighted by Crippen LogP contribution is 2.42. The maximum atomic E-state index is 3.85. The minimum atomic E-state index is 0.284. The van der Waals surface area contributed by atoms with Gasteiger partial charge >= 0.3 is 0 Å². The first-order chi connectivity index (χ1) is 8.68. The molecule has 0 saturated carbocycles. The molecule has 0 aliphatic heterocycles. The van der Waals surface area contributed by atoms with E-state index in [0.29, 0.717) is 0 Å². The van der Waals surface area contributed by atoms with E-state index in [4.69, 9.17) is 0 Å². The number of hydrogen-bond donors (Lipinski definition) is 0. The van der Waals surface area contributed by atoms with Crippen molar-refractivity contribution in [2.24, 2.45) is 0 Å². The second-order valence-corrected chi connectivity index (χ2v) is 7.57. The van der Waals surface area contributed by atoms with Gasteiger partial charge in [0.05, 0.1) is 4.83 Å². The van der Waals surface area contributed by atoms with Crippen LogP contribution in [0.4, 0.5) is 0 Å². The molecule has 3 rings (SSSR count). The van der Waals surface area contributed by atoms with Gasteiger partial charge < -0.3 is 0 Å². The number of thiophene rings is 2. The van der Waals surface area contributed by atoms with E-state index in [2.05, 4.69) is 73.1 Å². The van der Waals surface area contributed by atoms with Crippen LogP contribution >= 0.6 is 54.5 Å². The Morgan fingerprint density at radius 3 is 2.67 bits per heavy atom. The zero-order chi connectivity index (χ0) is 12.7. The Morgan fingerprint density at radius 2 is 1.94 bits per heavy atom. The van der Waals surface area contributed by atoms with Crippen molar-refractivity contribution < 1.29 is 0 Å². The second-order valence-electron chi connectivity index (χ2n) is 4.18. The summed E-state index contributed by atoms with van der Waals surface area (Å²) < 4.78 is 2.50. The Kier molecular flexibility index (Phi) is 3.63. The highest BCUT2D eigenvalue weighted by molar-refractivity contribution is 9.10. The number of halogens is 2. The summed E-state index contributed by atoms with van der Waals surface area (Å²) in [4.78, 5) is 0.284. The van der Waals surface area contributed by atoms with E-state index in [9.17, 15) is 0 Å². The van der Waals surface area contributed by atoms with Crippen LogP contribution in [0.25, 0.3) is 10.1 Å².